The Bertz CT molecular complexity index is 883. The molecule has 2 aliphatic heterocycles. The van der Waals surface area contributed by atoms with Gasteiger partial charge in [0.15, 0.2) is 6.23 Å². The minimum Gasteiger partial charge on any atom is -0.473 e. The van der Waals surface area contributed by atoms with E-state index in [-0.39, 0.29) is 18.7 Å². The Balaban J connectivity index is 1.20. The zero-order valence-electron chi connectivity index (χ0n) is 15.2. The van der Waals surface area contributed by atoms with Crippen molar-refractivity contribution in [3.05, 3.63) is 72.0 Å². The Labute approximate surface area is 167 Å². The number of benzene rings is 2. The molecule has 0 aromatic heterocycles. The fourth-order valence-corrected chi connectivity index (χ4v) is 3.75. The van der Waals surface area contributed by atoms with Crippen molar-refractivity contribution < 1.29 is 19.1 Å². The Morgan fingerprint density at radius 2 is 2.00 bits per heavy atom. The fourth-order valence-electron chi connectivity index (χ4n) is 2.96. The number of thioether (sulfide) groups is 1. The lowest BCUT2D eigenvalue weighted by Crippen LogP contribution is -2.48. The van der Waals surface area contributed by atoms with E-state index in [0.717, 1.165) is 22.0 Å². The van der Waals surface area contributed by atoms with Crippen LogP contribution in [0.1, 0.15) is 12.0 Å². The number of amides is 2. The lowest BCUT2D eigenvalue weighted by Gasteiger charge is -2.30. The molecule has 2 amide bonds. The average molecular weight is 396 g/mol. The molecule has 1 atom stereocenters. The summed E-state index contributed by atoms with van der Waals surface area (Å²) in [6.45, 7) is 0.819. The summed E-state index contributed by atoms with van der Waals surface area (Å²) < 4.78 is 10.9. The van der Waals surface area contributed by atoms with Gasteiger partial charge in [0.05, 0.1) is 13.0 Å². The highest BCUT2D eigenvalue weighted by atomic mass is 32.2. The van der Waals surface area contributed by atoms with E-state index in [1.54, 1.807) is 16.7 Å². The fraction of sp³-hybridized carbons (Fsp3) is 0.238. The molecule has 144 valence electrons. The van der Waals surface area contributed by atoms with Gasteiger partial charge in [-0.2, -0.15) is 0 Å². The van der Waals surface area contributed by atoms with Gasteiger partial charge in [-0.1, -0.05) is 30.3 Å². The van der Waals surface area contributed by atoms with Gasteiger partial charge in [0.2, 0.25) is 5.91 Å². The van der Waals surface area contributed by atoms with Gasteiger partial charge in [-0.15, -0.1) is 11.8 Å². The summed E-state index contributed by atoms with van der Waals surface area (Å²) in [4.78, 5) is 26.1. The van der Waals surface area contributed by atoms with Gasteiger partial charge in [0.1, 0.15) is 12.4 Å². The minimum absolute atomic E-state index is 0.0456. The van der Waals surface area contributed by atoms with Crippen LogP contribution in [0.25, 0.3) is 0 Å². The molecule has 2 aromatic rings. The van der Waals surface area contributed by atoms with Crippen molar-refractivity contribution in [2.45, 2.75) is 24.2 Å². The highest BCUT2D eigenvalue weighted by Gasteiger charge is 2.43. The smallest absolute Gasteiger partial charge is 0.411 e. The van der Waals surface area contributed by atoms with Gasteiger partial charge in [-0.3, -0.25) is 15.0 Å². The first-order valence-corrected chi connectivity index (χ1v) is 10.0. The molecule has 4 rings (SSSR count). The molecular formula is C21H20N2O4S. The number of β-lactam (4-membered cyclic amide) rings is 1. The van der Waals surface area contributed by atoms with Gasteiger partial charge >= 0.3 is 6.09 Å². The molecule has 6 nitrogen and oxygen atoms in total. The molecule has 2 saturated heterocycles. The predicted octanol–water partition coefficient (Wildman–Crippen LogP) is 4.00. The van der Waals surface area contributed by atoms with Crippen molar-refractivity contribution in [3.8, 4) is 0 Å². The summed E-state index contributed by atoms with van der Waals surface area (Å²) in [5.74, 6) is 1.78. The largest absolute Gasteiger partial charge is 0.473 e. The molecule has 2 heterocycles. The molecule has 0 spiro atoms. The number of hydrogen-bond acceptors (Lipinski definition) is 5. The van der Waals surface area contributed by atoms with Crippen LogP contribution in [-0.4, -0.2) is 35.4 Å². The number of anilines is 1. The lowest BCUT2D eigenvalue weighted by molar-refractivity contribution is -0.154. The molecule has 28 heavy (non-hydrogen) atoms. The molecule has 0 unspecified atom stereocenters. The number of nitrogens with zero attached hydrogens (tertiary/aromatic N) is 1. The van der Waals surface area contributed by atoms with Gasteiger partial charge in [0.25, 0.3) is 0 Å². The normalized spacial score (nSPS) is 19.0. The number of carbonyl (C=O) groups is 2. The quantitative estimate of drug-likeness (QED) is 0.590. The maximum atomic E-state index is 11.9. The third-order valence-electron chi connectivity index (χ3n) is 4.51. The maximum absolute atomic E-state index is 11.9. The molecule has 2 fully saturated rings. The minimum atomic E-state index is -0.480. The van der Waals surface area contributed by atoms with E-state index in [4.69, 9.17) is 9.47 Å². The van der Waals surface area contributed by atoms with Crippen LogP contribution in [0.3, 0.4) is 0 Å². The van der Waals surface area contributed by atoms with Crippen molar-refractivity contribution in [1.82, 2.24) is 4.90 Å². The number of hydrogen-bond donors (Lipinski definition) is 1. The molecule has 0 bridgehead atoms. The summed E-state index contributed by atoms with van der Waals surface area (Å²) >= 11 is 1.66. The topological polar surface area (TPSA) is 67.9 Å². The molecular weight excluding hydrogens is 376 g/mol. The van der Waals surface area contributed by atoms with Crippen LogP contribution in [0.15, 0.2) is 71.3 Å². The van der Waals surface area contributed by atoms with E-state index in [0.29, 0.717) is 18.7 Å². The Morgan fingerprint density at radius 1 is 1.21 bits per heavy atom. The molecule has 7 heteroatoms. The number of ether oxygens (including phenoxy) is 2. The molecule has 0 radical (unpaired) electrons. The summed E-state index contributed by atoms with van der Waals surface area (Å²) in [7, 11) is 0. The molecule has 0 saturated carbocycles. The zero-order valence-corrected chi connectivity index (χ0v) is 16.0. The van der Waals surface area contributed by atoms with Crippen LogP contribution >= 0.6 is 11.8 Å². The number of nitrogens with one attached hydrogen (secondary N) is 1. The van der Waals surface area contributed by atoms with Crippen molar-refractivity contribution in [1.29, 1.82) is 0 Å². The Hall–Kier alpha value is -2.93. The zero-order chi connectivity index (χ0) is 19.3. The highest BCUT2D eigenvalue weighted by molar-refractivity contribution is 7.99. The average Bonchev–Trinajstić information content (AvgIpc) is 3.05. The summed E-state index contributed by atoms with van der Waals surface area (Å²) in [5, 5.41) is 2.72. The van der Waals surface area contributed by atoms with Gasteiger partial charge in [0, 0.05) is 16.3 Å². The second kappa shape index (κ2) is 8.39. The van der Waals surface area contributed by atoms with Crippen LogP contribution < -0.4 is 5.32 Å². The van der Waals surface area contributed by atoms with E-state index >= 15 is 0 Å². The first-order chi connectivity index (χ1) is 13.7. The molecule has 1 N–H and O–H groups in total. The predicted molar refractivity (Wildman–Crippen MR) is 107 cm³/mol. The number of fused-ring (bicyclic) bond motifs is 1. The van der Waals surface area contributed by atoms with E-state index in [9.17, 15) is 9.59 Å². The van der Waals surface area contributed by atoms with E-state index in [1.807, 2.05) is 60.7 Å². The van der Waals surface area contributed by atoms with Crippen molar-refractivity contribution in [3.63, 3.8) is 0 Å². The van der Waals surface area contributed by atoms with Crippen molar-refractivity contribution in [2.24, 2.45) is 0 Å². The highest BCUT2D eigenvalue weighted by Crippen LogP contribution is 2.31. The monoisotopic (exact) mass is 396 g/mol. The first kappa shape index (κ1) is 18.4. The second-order valence-corrected chi connectivity index (χ2v) is 7.58. The number of carbonyl (C=O) groups excluding carboxylic acids is 2. The maximum Gasteiger partial charge on any atom is 0.411 e. The number of rotatable bonds is 6. The first-order valence-electron chi connectivity index (χ1n) is 9.03. The third kappa shape index (κ3) is 4.48. The summed E-state index contributed by atoms with van der Waals surface area (Å²) in [6, 6.07) is 17.1. The van der Waals surface area contributed by atoms with Gasteiger partial charge < -0.3 is 9.47 Å². The molecule has 2 aliphatic rings. The summed E-state index contributed by atoms with van der Waals surface area (Å²) in [6.07, 6.45) is 1.98. The van der Waals surface area contributed by atoms with Crippen molar-refractivity contribution in [2.75, 3.05) is 17.6 Å². The van der Waals surface area contributed by atoms with Crippen LogP contribution in [0.5, 0.6) is 0 Å². The van der Waals surface area contributed by atoms with Gasteiger partial charge in [-0.25, -0.2) is 4.79 Å². The van der Waals surface area contributed by atoms with Crippen LogP contribution in [0, 0.1) is 0 Å². The lowest BCUT2D eigenvalue weighted by atomic mass is 10.2. The standard InChI is InChI=1S/C21H20N2O4S/c24-19-12-20-23(19)13-17(27-20)10-11-28-18-8-6-16(7-9-18)22-21(25)26-14-15-4-2-1-3-5-15/h1-10,20H,11-14H2,(H,22,25)/b17-10-/t20-/m1/s1. The van der Waals surface area contributed by atoms with E-state index in [1.165, 1.54) is 0 Å². The van der Waals surface area contributed by atoms with Crippen LogP contribution in [-0.2, 0) is 20.9 Å². The second-order valence-electron chi connectivity index (χ2n) is 6.49. The van der Waals surface area contributed by atoms with Crippen LogP contribution in [0.4, 0.5) is 10.5 Å². The molecule has 0 aliphatic carbocycles. The van der Waals surface area contributed by atoms with E-state index in [2.05, 4.69) is 5.32 Å². The molecule has 2 aromatic carbocycles. The third-order valence-corrected chi connectivity index (χ3v) is 5.44. The van der Waals surface area contributed by atoms with Gasteiger partial charge in [-0.05, 0) is 35.9 Å². The van der Waals surface area contributed by atoms with Crippen LogP contribution in [0.2, 0.25) is 0 Å². The Kier molecular flexibility index (Phi) is 5.53. The summed E-state index contributed by atoms with van der Waals surface area (Å²) in [5.41, 5.74) is 1.63. The SMILES string of the molecule is O=C(Nc1ccc(SC/C=C2/CN3C(=O)C[C@H]3O2)cc1)OCc1ccccc1. The van der Waals surface area contributed by atoms with E-state index < -0.39 is 6.09 Å². The van der Waals surface area contributed by atoms with Crippen molar-refractivity contribution >= 4 is 29.4 Å². The Morgan fingerprint density at radius 3 is 2.71 bits per heavy atom.